The monoisotopic (exact) mass is 410 g/mol. The normalized spacial score (nSPS) is 12.3. The highest BCUT2D eigenvalue weighted by Gasteiger charge is 2.29. The molecular weight excluding hydrogens is 388 g/mol. The molecule has 0 bridgehead atoms. The van der Waals surface area contributed by atoms with Gasteiger partial charge in [0.25, 0.3) is 0 Å². The number of anilines is 2. The highest BCUT2D eigenvalue weighted by molar-refractivity contribution is 7.92. The summed E-state index contributed by atoms with van der Waals surface area (Å²) in [6.45, 7) is 5.75. The zero-order valence-electron chi connectivity index (χ0n) is 15.7. The smallest absolute Gasteiger partial charge is 0.247 e. The van der Waals surface area contributed by atoms with Gasteiger partial charge in [0.2, 0.25) is 15.9 Å². The van der Waals surface area contributed by atoms with Crippen LogP contribution < -0.4 is 14.4 Å². The molecule has 0 aliphatic heterocycles. The maximum absolute atomic E-state index is 12.7. The molecule has 0 saturated heterocycles. The van der Waals surface area contributed by atoms with Crippen LogP contribution in [0.15, 0.2) is 42.5 Å². The van der Waals surface area contributed by atoms with Crippen molar-refractivity contribution in [3.8, 4) is 5.75 Å². The van der Waals surface area contributed by atoms with E-state index < -0.39 is 22.0 Å². The van der Waals surface area contributed by atoms with Gasteiger partial charge in [-0.2, -0.15) is 0 Å². The Morgan fingerprint density at radius 1 is 1.22 bits per heavy atom. The quantitative estimate of drug-likeness (QED) is 0.752. The third-order valence-corrected chi connectivity index (χ3v) is 5.58. The summed E-state index contributed by atoms with van der Waals surface area (Å²) in [7, 11) is -3.69. The molecular formula is C19H23ClN2O4S. The molecule has 8 heteroatoms. The van der Waals surface area contributed by atoms with Crippen LogP contribution in [0.5, 0.6) is 5.75 Å². The minimum absolute atomic E-state index is 0.380. The summed E-state index contributed by atoms with van der Waals surface area (Å²) in [5, 5.41) is 3.23. The number of carbonyl (C=O) groups excluding carboxylic acids is 1. The molecule has 27 heavy (non-hydrogen) atoms. The van der Waals surface area contributed by atoms with Gasteiger partial charge in [0, 0.05) is 10.7 Å². The number of aryl methyl sites for hydroxylation is 1. The standard InChI is InChI=1S/C19H23ClN2O4S/c1-5-26-17-10-8-16(9-11-17)22(27(4,24)25)14(3)19(23)21-15-7-6-13(2)18(20)12-15/h6-12,14H,5H2,1-4H3,(H,21,23)/t14-/m0/s1. The Morgan fingerprint density at radius 3 is 2.37 bits per heavy atom. The molecule has 1 N–H and O–H groups in total. The Hall–Kier alpha value is -2.25. The van der Waals surface area contributed by atoms with E-state index in [9.17, 15) is 13.2 Å². The Balaban J connectivity index is 2.27. The minimum atomic E-state index is -3.69. The Morgan fingerprint density at radius 2 is 1.85 bits per heavy atom. The molecule has 0 aliphatic rings. The van der Waals surface area contributed by atoms with Crippen LogP contribution >= 0.6 is 11.6 Å². The van der Waals surface area contributed by atoms with Gasteiger partial charge in [-0.15, -0.1) is 0 Å². The van der Waals surface area contributed by atoms with Gasteiger partial charge in [0.1, 0.15) is 11.8 Å². The van der Waals surface area contributed by atoms with Crippen molar-refractivity contribution in [3.63, 3.8) is 0 Å². The van der Waals surface area contributed by atoms with E-state index in [-0.39, 0.29) is 0 Å². The fourth-order valence-corrected chi connectivity index (χ4v) is 3.94. The molecule has 0 spiro atoms. The van der Waals surface area contributed by atoms with E-state index in [0.717, 1.165) is 16.1 Å². The van der Waals surface area contributed by atoms with Crippen molar-refractivity contribution in [2.24, 2.45) is 0 Å². The minimum Gasteiger partial charge on any atom is -0.494 e. The summed E-state index contributed by atoms with van der Waals surface area (Å²) in [5.74, 6) is 0.162. The number of hydrogen-bond acceptors (Lipinski definition) is 4. The molecule has 2 rings (SSSR count). The predicted molar refractivity (Wildman–Crippen MR) is 109 cm³/mol. The highest BCUT2D eigenvalue weighted by Crippen LogP contribution is 2.25. The van der Waals surface area contributed by atoms with Crippen molar-refractivity contribution in [3.05, 3.63) is 53.1 Å². The summed E-state index contributed by atoms with van der Waals surface area (Å²) < 4.78 is 31.1. The van der Waals surface area contributed by atoms with Crippen LogP contribution in [0.4, 0.5) is 11.4 Å². The number of carbonyl (C=O) groups is 1. The van der Waals surface area contributed by atoms with E-state index in [0.29, 0.717) is 28.8 Å². The Kier molecular flexibility index (Phi) is 6.73. The summed E-state index contributed by atoms with van der Waals surface area (Å²) >= 11 is 6.08. The number of ether oxygens (including phenoxy) is 1. The second-order valence-electron chi connectivity index (χ2n) is 6.11. The summed E-state index contributed by atoms with van der Waals surface area (Å²) in [6, 6.07) is 10.7. The first-order chi connectivity index (χ1) is 12.6. The second-order valence-corrected chi connectivity index (χ2v) is 8.38. The molecule has 0 aromatic heterocycles. The molecule has 0 radical (unpaired) electrons. The van der Waals surface area contributed by atoms with Gasteiger partial charge in [-0.25, -0.2) is 8.42 Å². The summed E-state index contributed by atoms with van der Waals surface area (Å²) in [5.41, 5.74) is 1.77. The number of sulfonamides is 1. The zero-order chi connectivity index (χ0) is 20.2. The number of rotatable bonds is 7. The van der Waals surface area contributed by atoms with Gasteiger partial charge >= 0.3 is 0 Å². The average molecular weight is 411 g/mol. The molecule has 1 atom stereocenters. The van der Waals surface area contributed by atoms with Crippen LogP contribution in [0.25, 0.3) is 0 Å². The number of benzene rings is 2. The van der Waals surface area contributed by atoms with E-state index >= 15 is 0 Å². The Labute approximate surface area is 165 Å². The van der Waals surface area contributed by atoms with Gasteiger partial charge in [-0.1, -0.05) is 17.7 Å². The van der Waals surface area contributed by atoms with E-state index in [2.05, 4.69) is 5.32 Å². The molecule has 2 aromatic carbocycles. The van der Waals surface area contributed by atoms with E-state index in [4.69, 9.17) is 16.3 Å². The van der Waals surface area contributed by atoms with Crippen LogP contribution in [0.1, 0.15) is 19.4 Å². The lowest BCUT2D eigenvalue weighted by molar-refractivity contribution is -0.116. The van der Waals surface area contributed by atoms with Crippen LogP contribution in [-0.2, 0) is 14.8 Å². The first kappa shape index (κ1) is 21.1. The van der Waals surface area contributed by atoms with Crippen molar-refractivity contribution in [2.75, 3.05) is 22.5 Å². The zero-order valence-corrected chi connectivity index (χ0v) is 17.3. The summed E-state index contributed by atoms with van der Waals surface area (Å²) in [6.07, 6.45) is 1.07. The van der Waals surface area contributed by atoms with Crippen molar-refractivity contribution in [1.29, 1.82) is 0 Å². The van der Waals surface area contributed by atoms with Gasteiger partial charge < -0.3 is 10.1 Å². The molecule has 0 fully saturated rings. The maximum atomic E-state index is 12.7. The third kappa shape index (κ3) is 5.37. The van der Waals surface area contributed by atoms with Crippen LogP contribution in [-0.4, -0.2) is 33.2 Å². The fraction of sp³-hybridized carbons (Fsp3) is 0.316. The first-order valence-electron chi connectivity index (χ1n) is 8.42. The molecule has 0 heterocycles. The largest absolute Gasteiger partial charge is 0.494 e. The van der Waals surface area contributed by atoms with Crippen molar-refractivity contribution in [1.82, 2.24) is 0 Å². The lowest BCUT2D eigenvalue weighted by Gasteiger charge is -2.28. The summed E-state index contributed by atoms with van der Waals surface area (Å²) in [4.78, 5) is 12.7. The number of hydrogen-bond donors (Lipinski definition) is 1. The maximum Gasteiger partial charge on any atom is 0.247 e. The Bertz CT molecular complexity index is 914. The molecule has 0 aliphatic carbocycles. The lowest BCUT2D eigenvalue weighted by atomic mass is 10.2. The first-order valence-corrected chi connectivity index (χ1v) is 10.7. The molecule has 6 nitrogen and oxygen atoms in total. The highest BCUT2D eigenvalue weighted by atomic mass is 35.5. The van der Waals surface area contributed by atoms with E-state index in [1.807, 2.05) is 13.8 Å². The fourth-order valence-electron chi connectivity index (χ4n) is 2.58. The molecule has 2 aromatic rings. The third-order valence-electron chi connectivity index (χ3n) is 3.93. The van der Waals surface area contributed by atoms with Crippen molar-refractivity contribution >= 4 is 38.9 Å². The van der Waals surface area contributed by atoms with Crippen molar-refractivity contribution < 1.29 is 17.9 Å². The van der Waals surface area contributed by atoms with E-state index in [1.165, 1.54) is 6.92 Å². The molecule has 0 saturated carbocycles. The molecule has 1 amide bonds. The van der Waals surface area contributed by atoms with Crippen LogP contribution in [0.2, 0.25) is 5.02 Å². The van der Waals surface area contributed by atoms with Gasteiger partial charge in [-0.3, -0.25) is 9.10 Å². The lowest BCUT2D eigenvalue weighted by Crippen LogP contribution is -2.45. The second kappa shape index (κ2) is 8.63. The van der Waals surface area contributed by atoms with Gasteiger partial charge in [0.15, 0.2) is 0 Å². The number of halogens is 1. The van der Waals surface area contributed by atoms with Crippen LogP contribution in [0, 0.1) is 6.92 Å². The predicted octanol–water partition coefficient (Wildman–Crippen LogP) is 3.84. The number of amides is 1. The van der Waals surface area contributed by atoms with Gasteiger partial charge in [0.05, 0.1) is 18.6 Å². The van der Waals surface area contributed by atoms with Gasteiger partial charge in [-0.05, 0) is 62.7 Å². The van der Waals surface area contributed by atoms with E-state index in [1.54, 1.807) is 42.5 Å². The molecule has 146 valence electrons. The molecule has 0 unspecified atom stereocenters. The SMILES string of the molecule is CCOc1ccc(N([C@@H](C)C(=O)Nc2ccc(C)c(Cl)c2)S(C)(=O)=O)cc1. The number of nitrogens with one attached hydrogen (secondary N) is 1. The number of nitrogens with zero attached hydrogens (tertiary/aromatic N) is 1. The topological polar surface area (TPSA) is 75.7 Å². The van der Waals surface area contributed by atoms with Crippen LogP contribution in [0.3, 0.4) is 0 Å². The van der Waals surface area contributed by atoms with Crippen molar-refractivity contribution in [2.45, 2.75) is 26.8 Å². The average Bonchev–Trinajstić information content (AvgIpc) is 2.59.